The van der Waals surface area contributed by atoms with Crippen molar-refractivity contribution in [3.05, 3.63) is 75.0 Å². The number of carboxylic acid groups (broad SMARTS) is 1. The van der Waals surface area contributed by atoms with E-state index in [1.54, 1.807) is 6.92 Å². The summed E-state index contributed by atoms with van der Waals surface area (Å²) in [6.07, 6.45) is 3.07. The van der Waals surface area contributed by atoms with Gasteiger partial charge >= 0.3 is 5.97 Å². The molecular weight excluding hydrogens is 487 g/mol. The van der Waals surface area contributed by atoms with Crippen LogP contribution in [0, 0.1) is 0 Å². The molecule has 0 atom stereocenters. The van der Waals surface area contributed by atoms with Gasteiger partial charge in [0, 0.05) is 17.3 Å². The van der Waals surface area contributed by atoms with Crippen LogP contribution in [0.15, 0.2) is 53.7 Å². The second-order valence-corrected chi connectivity index (χ2v) is 9.25. The van der Waals surface area contributed by atoms with Crippen LogP contribution in [0.1, 0.15) is 22.8 Å². The summed E-state index contributed by atoms with van der Waals surface area (Å²) >= 11 is 17.8. The molecule has 0 spiro atoms. The predicted molar refractivity (Wildman–Crippen MR) is 119 cm³/mol. The fourth-order valence-corrected chi connectivity index (χ4v) is 4.53. The van der Waals surface area contributed by atoms with E-state index in [-0.39, 0.29) is 32.7 Å². The Morgan fingerprint density at radius 2 is 1.84 bits per heavy atom. The zero-order valence-electron chi connectivity index (χ0n) is 15.9. The molecule has 0 amide bonds. The van der Waals surface area contributed by atoms with Gasteiger partial charge in [0.2, 0.25) is 0 Å². The Kier molecular flexibility index (Phi) is 6.96. The third-order valence-electron chi connectivity index (χ3n) is 4.14. The Hall–Kier alpha value is -2.52. The van der Waals surface area contributed by atoms with Crippen molar-refractivity contribution >= 4 is 56.5 Å². The first-order chi connectivity index (χ1) is 14.6. The maximum atomic E-state index is 12.9. The van der Waals surface area contributed by atoms with Crippen LogP contribution in [0.3, 0.4) is 0 Å². The summed E-state index contributed by atoms with van der Waals surface area (Å²) in [7, 11) is -4.16. The molecule has 0 saturated carbocycles. The molecule has 0 radical (unpaired) electrons. The monoisotopic (exact) mass is 500 g/mol. The minimum atomic E-state index is -4.16. The first-order valence-corrected chi connectivity index (χ1v) is 11.4. The van der Waals surface area contributed by atoms with Crippen molar-refractivity contribution in [1.82, 2.24) is 4.98 Å². The van der Waals surface area contributed by atoms with Crippen LogP contribution < -0.4 is 9.46 Å². The highest BCUT2D eigenvalue weighted by Gasteiger charge is 2.24. The van der Waals surface area contributed by atoms with Crippen LogP contribution in [-0.2, 0) is 16.4 Å². The van der Waals surface area contributed by atoms with Gasteiger partial charge in [-0.25, -0.2) is 13.2 Å². The van der Waals surface area contributed by atoms with Crippen LogP contribution in [0.2, 0.25) is 15.1 Å². The number of hydrogen-bond acceptors (Lipinski definition) is 5. The number of anilines is 1. The summed E-state index contributed by atoms with van der Waals surface area (Å²) in [6.45, 7) is 1.74. The lowest BCUT2D eigenvalue weighted by Gasteiger charge is -2.16. The number of ether oxygens (including phenoxy) is 1. The van der Waals surface area contributed by atoms with Crippen LogP contribution in [-0.4, -0.2) is 24.5 Å². The number of hydrogen-bond donors (Lipinski definition) is 2. The maximum absolute atomic E-state index is 12.9. The fourth-order valence-electron chi connectivity index (χ4n) is 2.70. The molecule has 1 heterocycles. The number of carboxylic acids is 1. The van der Waals surface area contributed by atoms with E-state index in [0.29, 0.717) is 22.0 Å². The lowest BCUT2D eigenvalue weighted by molar-refractivity contribution is 0.0693. The molecule has 31 heavy (non-hydrogen) atoms. The van der Waals surface area contributed by atoms with Crippen LogP contribution >= 0.6 is 34.8 Å². The van der Waals surface area contributed by atoms with E-state index in [1.165, 1.54) is 42.7 Å². The van der Waals surface area contributed by atoms with E-state index in [9.17, 15) is 18.3 Å². The molecule has 0 bridgehead atoms. The third kappa shape index (κ3) is 5.40. The molecule has 162 valence electrons. The van der Waals surface area contributed by atoms with Crippen molar-refractivity contribution in [3.8, 4) is 11.5 Å². The second-order valence-electron chi connectivity index (χ2n) is 6.29. The SMILES string of the molecule is CCc1cc(S(=O)(=O)Nc2ccc(Cl)cc2Cl)cc(C(=O)O)c1Oc1cncc(Cl)c1. The van der Waals surface area contributed by atoms with Crippen molar-refractivity contribution in [2.45, 2.75) is 18.2 Å². The number of nitrogens with one attached hydrogen (secondary N) is 1. The number of rotatable bonds is 7. The summed E-state index contributed by atoms with van der Waals surface area (Å²) < 4.78 is 33.9. The van der Waals surface area contributed by atoms with Gasteiger partial charge in [-0.1, -0.05) is 41.7 Å². The number of benzene rings is 2. The normalized spacial score (nSPS) is 11.2. The van der Waals surface area contributed by atoms with Gasteiger partial charge in [0.15, 0.2) is 0 Å². The number of aryl methyl sites for hydroxylation is 1. The molecule has 0 aliphatic heterocycles. The molecule has 1 aromatic heterocycles. The Bertz CT molecular complexity index is 1270. The average Bonchev–Trinajstić information content (AvgIpc) is 2.70. The summed E-state index contributed by atoms with van der Waals surface area (Å²) in [5.74, 6) is -1.14. The molecule has 0 fully saturated rings. The Morgan fingerprint density at radius 1 is 1.10 bits per heavy atom. The first-order valence-electron chi connectivity index (χ1n) is 8.77. The molecule has 0 unspecified atom stereocenters. The first kappa shape index (κ1) is 23.1. The van der Waals surface area contributed by atoms with E-state index in [0.717, 1.165) is 6.07 Å². The number of sulfonamides is 1. The van der Waals surface area contributed by atoms with Crippen molar-refractivity contribution in [2.75, 3.05) is 4.72 Å². The summed E-state index contributed by atoms with van der Waals surface area (Å²) in [6, 6.07) is 8.09. The quantitative estimate of drug-likeness (QED) is 0.418. The van der Waals surface area contributed by atoms with Crippen molar-refractivity contribution in [1.29, 1.82) is 0 Å². The van der Waals surface area contributed by atoms with Crippen LogP contribution in [0.25, 0.3) is 0 Å². The molecule has 7 nitrogen and oxygen atoms in total. The van der Waals surface area contributed by atoms with Crippen molar-refractivity contribution < 1.29 is 23.1 Å². The second kappa shape index (κ2) is 9.32. The highest BCUT2D eigenvalue weighted by Crippen LogP contribution is 2.34. The lowest BCUT2D eigenvalue weighted by atomic mass is 10.1. The number of pyridine rings is 1. The van der Waals surface area contributed by atoms with Crippen molar-refractivity contribution in [3.63, 3.8) is 0 Å². The van der Waals surface area contributed by atoms with E-state index in [2.05, 4.69) is 9.71 Å². The van der Waals surface area contributed by atoms with E-state index < -0.39 is 16.0 Å². The van der Waals surface area contributed by atoms with Gasteiger partial charge in [-0.3, -0.25) is 9.71 Å². The predicted octanol–water partition coefficient (Wildman–Crippen LogP) is 5.90. The third-order valence-corrected chi connectivity index (χ3v) is 6.24. The van der Waals surface area contributed by atoms with E-state index in [4.69, 9.17) is 39.5 Å². The summed E-state index contributed by atoms with van der Waals surface area (Å²) in [4.78, 5) is 15.5. The molecule has 3 rings (SSSR count). The highest BCUT2D eigenvalue weighted by atomic mass is 35.5. The lowest BCUT2D eigenvalue weighted by Crippen LogP contribution is -2.15. The molecule has 0 aliphatic carbocycles. The Balaban J connectivity index is 2.07. The summed E-state index contributed by atoms with van der Waals surface area (Å²) in [5.41, 5.74) is 0.135. The zero-order valence-corrected chi connectivity index (χ0v) is 19.0. The van der Waals surface area contributed by atoms with E-state index >= 15 is 0 Å². The average molecular weight is 502 g/mol. The topological polar surface area (TPSA) is 106 Å². The fraction of sp³-hybridized carbons (Fsp3) is 0.100. The molecule has 0 aliphatic rings. The minimum Gasteiger partial charge on any atom is -0.478 e. The van der Waals surface area contributed by atoms with Gasteiger partial charge in [0.25, 0.3) is 10.0 Å². The molecule has 2 N–H and O–H groups in total. The summed E-state index contributed by atoms with van der Waals surface area (Å²) in [5, 5.41) is 10.4. The molecule has 2 aromatic carbocycles. The number of aromatic nitrogens is 1. The zero-order chi connectivity index (χ0) is 22.8. The molecular formula is C20H15Cl3N2O5S. The van der Waals surface area contributed by atoms with Gasteiger partial charge in [0.05, 0.1) is 26.8 Å². The number of carbonyl (C=O) groups is 1. The van der Waals surface area contributed by atoms with Crippen LogP contribution in [0.4, 0.5) is 5.69 Å². The van der Waals surface area contributed by atoms with Gasteiger partial charge in [-0.2, -0.15) is 0 Å². The van der Waals surface area contributed by atoms with Gasteiger partial charge in [-0.05, 0) is 42.3 Å². The maximum Gasteiger partial charge on any atom is 0.339 e. The number of aromatic carboxylic acids is 1. The number of halogens is 3. The van der Waals surface area contributed by atoms with Gasteiger partial charge in [0.1, 0.15) is 17.1 Å². The minimum absolute atomic E-state index is 0.00235. The number of nitrogens with zero attached hydrogens (tertiary/aromatic N) is 1. The van der Waals surface area contributed by atoms with Crippen molar-refractivity contribution in [2.24, 2.45) is 0 Å². The Morgan fingerprint density at radius 3 is 2.45 bits per heavy atom. The van der Waals surface area contributed by atoms with E-state index in [1.807, 2.05) is 0 Å². The van der Waals surface area contributed by atoms with Gasteiger partial charge in [-0.15, -0.1) is 0 Å². The molecule has 11 heteroatoms. The molecule has 0 saturated heterocycles. The smallest absolute Gasteiger partial charge is 0.339 e. The Labute approximate surface area is 193 Å². The largest absolute Gasteiger partial charge is 0.478 e. The standard InChI is InChI=1S/C20H15Cl3N2O5S/c1-2-11-5-15(31(28,29)25-18-4-3-12(21)7-17(18)23)8-16(20(26)27)19(11)30-14-6-13(22)9-24-10-14/h3-10,25H,2H2,1H3,(H,26,27). The van der Waals surface area contributed by atoms with Gasteiger partial charge < -0.3 is 9.84 Å². The molecule has 3 aromatic rings. The highest BCUT2D eigenvalue weighted by molar-refractivity contribution is 7.92. The van der Waals surface area contributed by atoms with Crippen LogP contribution in [0.5, 0.6) is 11.5 Å².